The van der Waals surface area contributed by atoms with Crippen LogP contribution in [0, 0.1) is 5.92 Å². The fraction of sp³-hybridized carbons (Fsp3) is 0.950. The van der Waals surface area contributed by atoms with Gasteiger partial charge in [0.05, 0.1) is 23.8 Å². The second-order valence-electron chi connectivity index (χ2n) is 10.0. The van der Waals surface area contributed by atoms with E-state index in [1.165, 1.54) is 0 Å². The standard InChI is InChI=1S/C20H33ClFN5O2/c1-12-7-23-27-5-4-16(24-18(12)27)25-19-9-20(10-19,11-19)26-17(28)8-29-13-2-3-14(21)15(22)6-13/h12-16,18,23-25H,2-11H2,1H3,(H,26,28). The van der Waals surface area contributed by atoms with Crippen molar-refractivity contribution < 1.29 is 13.9 Å². The molecular weight excluding hydrogens is 397 g/mol. The average molecular weight is 430 g/mol. The molecule has 1 amide bonds. The molecule has 2 saturated heterocycles. The molecule has 29 heavy (non-hydrogen) atoms. The molecule has 0 radical (unpaired) electrons. The highest BCUT2D eigenvalue weighted by Gasteiger charge is 2.69. The zero-order valence-corrected chi connectivity index (χ0v) is 17.8. The summed E-state index contributed by atoms with van der Waals surface area (Å²) in [6, 6.07) is 0. The monoisotopic (exact) mass is 429 g/mol. The van der Waals surface area contributed by atoms with Crippen LogP contribution in [-0.2, 0) is 9.53 Å². The van der Waals surface area contributed by atoms with E-state index in [2.05, 4.69) is 33.3 Å². The largest absolute Gasteiger partial charge is 0.368 e. The SMILES string of the molecule is CC1CNN2CCC(NC34CC(NC(=O)COC5CCC(Cl)C(F)C5)(C3)C4)NC12. The minimum absolute atomic E-state index is 0.0130. The van der Waals surface area contributed by atoms with Gasteiger partial charge in [0.1, 0.15) is 12.8 Å². The molecule has 0 spiro atoms. The van der Waals surface area contributed by atoms with Crippen molar-refractivity contribution in [2.24, 2.45) is 5.92 Å². The van der Waals surface area contributed by atoms with E-state index in [9.17, 15) is 9.18 Å². The van der Waals surface area contributed by atoms with Gasteiger partial charge in [0.25, 0.3) is 0 Å². The minimum Gasteiger partial charge on any atom is -0.368 e. The molecule has 0 aromatic heterocycles. The van der Waals surface area contributed by atoms with Crippen LogP contribution in [0.2, 0.25) is 0 Å². The van der Waals surface area contributed by atoms with Crippen molar-refractivity contribution in [3.05, 3.63) is 0 Å². The first-order valence-corrected chi connectivity index (χ1v) is 11.5. The molecule has 4 saturated carbocycles. The maximum Gasteiger partial charge on any atom is 0.246 e. The average Bonchev–Trinajstić information content (AvgIpc) is 3.00. The first-order chi connectivity index (χ1) is 13.9. The van der Waals surface area contributed by atoms with Crippen molar-refractivity contribution in [2.75, 3.05) is 19.7 Å². The van der Waals surface area contributed by atoms with Gasteiger partial charge in [0, 0.05) is 30.6 Å². The first-order valence-electron chi connectivity index (χ1n) is 11.1. The summed E-state index contributed by atoms with van der Waals surface area (Å²) >= 11 is 5.90. The number of carbonyl (C=O) groups is 1. The number of halogens is 2. The molecule has 7 nitrogen and oxygen atoms in total. The Morgan fingerprint density at radius 3 is 2.83 bits per heavy atom. The van der Waals surface area contributed by atoms with Crippen molar-refractivity contribution in [3.63, 3.8) is 0 Å². The second kappa shape index (κ2) is 7.57. The number of rotatable bonds is 6. The minimum atomic E-state index is -1.04. The molecule has 9 heteroatoms. The third-order valence-electron chi connectivity index (χ3n) is 7.53. The van der Waals surface area contributed by atoms with Gasteiger partial charge in [-0.3, -0.25) is 20.9 Å². The van der Waals surface area contributed by atoms with Crippen LogP contribution >= 0.6 is 11.6 Å². The fourth-order valence-electron chi connectivity index (χ4n) is 6.08. The van der Waals surface area contributed by atoms with E-state index in [1.54, 1.807) is 0 Å². The predicted molar refractivity (Wildman–Crippen MR) is 108 cm³/mol. The summed E-state index contributed by atoms with van der Waals surface area (Å²) in [7, 11) is 0. The molecule has 2 bridgehead atoms. The smallest absolute Gasteiger partial charge is 0.246 e. The number of hydrogen-bond donors (Lipinski definition) is 4. The summed E-state index contributed by atoms with van der Waals surface area (Å²) in [4.78, 5) is 12.3. The molecule has 6 unspecified atom stereocenters. The highest BCUT2D eigenvalue weighted by atomic mass is 35.5. The number of fused-ring (bicyclic) bond motifs is 1. The number of hydrogen-bond acceptors (Lipinski definition) is 6. The summed E-state index contributed by atoms with van der Waals surface area (Å²) in [6.45, 7) is 4.38. The summed E-state index contributed by atoms with van der Waals surface area (Å²) < 4.78 is 19.3. The van der Waals surface area contributed by atoms with E-state index in [1.807, 2.05) is 0 Å². The molecule has 0 aromatic carbocycles. The molecule has 2 heterocycles. The lowest BCUT2D eigenvalue weighted by Gasteiger charge is -2.71. The molecule has 6 fully saturated rings. The highest BCUT2D eigenvalue weighted by Crippen LogP contribution is 2.60. The van der Waals surface area contributed by atoms with Gasteiger partial charge in [0.15, 0.2) is 0 Å². The third kappa shape index (κ3) is 3.92. The van der Waals surface area contributed by atoms with Crippen molar-refractivity contribution in [1.82, 2.24) is 26.4 Å². The van der Waals surface area contributed by atoms with Crippen LogP contribution in [-0.4, -0.2) is 71.7 Å². The molecule has 4 aliphatic carbocycles. The van der Waals surface area contributed by atoms with Gasteiger partial charge in [-0.25, -0.2) is 9.40 Å². The predicted octanol–water partition coefficient (Wildman–Crippen LogP) is 0.984. The Morgan fingerprint density at radius 1 is 1.28 bits per heavy atom. The number of carbonyl (C=O) groups excluding carboxylic acids is 1. The Balaban J connectivity index is 1.02. The zero-order chi connectivity index (χ0) is 20.2. The van der Waals surface area contributed by atoms with Crippen LogP contribution < -0.4 is 21.4 Å². The van der Waals surface area contributed by atoms with E-state index >= 15 is 0 Å². The number of hydrazine groups is 1. The number of amides is 1. The molecule has 4 N–H and O–H groups in total. The van der Waals surface area contributed by atoms with E-state index < -0.39 is 11.5 Å². The lowest BCUT2D eigenvalue weighted by Crippen LogP contribution is -2.85. The molecule has 0 aromatic rings. The van der Waals surface area contributed by atoms with Crippen LogP contribution in [0.3, 0.4) is 0 Å². The van der Waals surface area contributed by atoms with Crippen LogP contribution in [0.1, 0.15) is 51.9 Å². The summed E-state index contributed by atoms with van der Waals surface area (Å²) in [5.41, 5.74) is 3.56. The lowest BCUT2D eigenvalue weighted by atomic mass is 9.44. The Labute approximate surface area is 176 Å². The number of nitrogens with one attached hydrogen (secondary N) is 4. The molecule has 6 aliphatic rings. The zero-order valence-electron chi connectivity index (χ0n) is 17.1. The highest BCUT2D eigenvalue weighted by molar-refractivity contribution is 6.21. The van der Waals surface area contributed by atoms with Crippen LogP contribution in [0.15, 0.2) is 0 Å². The summed E-state index contributed by atoms with van der Waals surface area (Å²) in [5, 5.41) is 12.6. The topological polar surface area (TPSA) is 77.7 Å². The molecule has 6 atom stereocenters. The van der Waals surface area contributed by atoms with Gasteiger partial charge in [-0.2, -0.15) is 0 Å². The quantitative estimate of drug-likeness (QED) is 0.472. The molecule has 6 rings (SSSR count). The van der Waals surface area contributed by atoms with E-state index in [4.69, 9.17) is 16.3 Å². The van der Waals surface area contributed by atoms with Crippen molar-refractivity contribution in [1.29, 1.82) is 0 Å². The van der Waals surface area contributed by atoms with E-state index in [0.717, 1.165) is 45.2 Å². The summed E-state index contributed by atoms with van der Waals surface area (Å²) in [6.07, 6.45) is 5.14. The number of ether oxygens (including phenoxy) is 1. The Hall–Kier alpha value is -0.510. The summed E-state index contributed by atoms with van der Waals surface area (Å²) in [5.74, 6) is 0.518. The van der Waals surface area contributed by atoms with Gasteiger partial charge in [-0.15, -0.1) is 11.6 Å². The van der Waals surface area contributed by atoms with Gasteiger partial charge < -0.3 is 10.1 Å². The van der Waals surface area contributed by atoms with E-state index in [-0.39, 0.29) is 29.7 Å². The number of nitrogens with zero attached hydrogens (tertiary/aromatic N) is 1. The van der Waals surface area contributed by atoms with Crippen LogP contribution in [0.4, 0.5) is 4.39 Å². The first kappa shape index (κ1) is 20.4. The maximum absolute atomic E-state index is 13.7. The maximum atomic E-state index is 13.7. The Kier molecular flexibility index (Phi) is 5.32. The van der Waals surface area contributed by atoms with Crippen molar-refractivity contribution >= 4 is 17.5 Å². The van der Waals surface area contributed by atoms with Crippen molar-refractivity contribution in [2.45, 2.75) is 92.9 Å². The van der Waals surface area contributed by atoms with Gasteiger partial charge >= 0.3 is 0 Å². The van der Waals surface area contributed by atoms with Gasteiger partial charge in [0.2, 0.25) is 5.91 Å². The number of alkyl halides is 2. The third-order valence-corrected chi connectivity index (χ3v) is 8.02. The molecular formula is C20H33ClFN5O2. The molecule has 2 aliphatic heterocycles. The lowest BCUT2D eigenvalue weighted by molar-refractivity contribution is -0.151. The van der Waals surface area contributed by atoms with Crippen LogP contribution in [0.5, 0.6) is 0 Å². The van der Waals surface area contributed by atoms with Crippen LogP contribution in [0.25, 0.3) is 0 Å². The van der Waals surface area contributed by atoms with Gasteiger partial charge in [-0.1, -0.05) is 6.92 Å². The normalized spacial score (nSPS) is 49.1. The second-order valence-corrected chi connectivity index (χ2v) is 10.6. The molecule has 164 valence electrons. The van der Waals surface area contributed by atoms with Gasteiger partial charge in [-0.05, 0) is 44.4 Å². The fourth-order valence-corrected chi connectivity index (χ4v) is 6.31. The Bertz CT molecular complexity index is 635. The van der Waals surface area contributed by atoms with E-state index in [0.29, 0.717) is 31.1 Å². The Morgan fingerprint density at radius 2 is 2.07 bits per heavy atom. The van der Waals surface area contributed by atoms with Crippen molar-refractivity contribution in [3.8, 4) is 0 Å².